The van der Waals surface area contributed by atoms with E-state index in [1.165, 1.54) is 28.2 Å². The molecule has 0 bridgehead atoms. The minimum absolute atomic E-state index is 0.0604. The van der Waals surface area contributed by atoms with Gasteiger partial charge in [-0.3, -0.25) is 4.79 Å². The first-order chi connectivity index (χ1) is 9.96. The highest BCUT2D eigenvalue weighted by atomic mass is 32.2. The minimum atomic E-state index is -3.87. The maximum Gasteiger partial charge on any atom is 0.305 e. The highest BCUT2D eigenvalue weighted by molar-refractivity contribution is 7.99. The number of sulfonamides is 1. The molecule has 6 nitrogen and oxygen atoms in total. The molecule has 0 amide bonds. The molecule has 1 saturated heterocycles. The summed E-state index contributed by atoms with van der Waals surface area (Å²) in [6.45, 7) is 0.255. The molecule has 1 N–H and O–H groups in total. The molecule has 1 aliphatic rings. The molecule has 0 saturated carbocycles. The first-order valence-electron chi connectivity index (χ1n) is 6.27. The van der Waals surface area contributed by atoms with E-state index in [1.807, 2.05) is 6.07 Å². The molecule has 1 fully saturated rings. The summed E-state index contributed by atoms with van der Waals surface area (Å²) in [5.41, 5.74) is 0.0739. The van der Waals surface area contributed by atoms with E-state index in [0.29, 0.717) is 11.5 Å². The minimum Gasteiger partial charge on any atom is -0.481 e. The topological polar surface area (TPSA) is 98.5 Å². The summed E-state index contributed by atoms with van der Waals surface area (Å²) in [6.07, 6.45) is -0.235. The Balaban J connectivity index is 2.41. The second-order valence-corrected chi connectivity index (χ2v) is 7.56. The van der Waals surface area contributed by atoms with Crippen molar-refractivity contribution >= 4 is 27.8 Å². The van der Waals surface area contributed by atoms with Crippen molar-refractivity contribution in [1.82, 2.24) is 4.31 Å². The van der Waals surface area contributed by atoms with Gasteiger partial charge in [0.1, 0.15) is 6.07 Å². The van der Waals surface area contributed by atoms with E-state index in [9.17, 15) is 13.2 Å². The molecule has 0 spiro atoms. The Morgan fingerprint density at radius 3 is 2.86 bits per heavy atom. The molecule has 112 valence electrons. The normalized spacial score (nSPS) is 19.9. The number of hydrogen-bond acceptors (Lipinski definition) is 5. The average Bonchev–Trinajstić information content (AvgIpc) is 2.47. The third-order valence-electron chi connectivity index (χ3n) is 3.18. The number of nitriles is 1. The predicted octanol–water partition coefficient (Wildman–Crippen LogP) is 1.14. The average molecular weight is 326 g/mol. The van der Waals surface area contributed by atoms with Gasteiger partial charge in [-0.1, -0.05) is 12.1 Å². The van der Waals surface area contributed by atoms with Crippen LogP contribution in [-0.2, 0) is 14.8 Å². The lowest BCUT2D eigenvalue weighted by Gasteiger charge is -2.33. The van der Waals surface area contributed by atoms with Gasteiger partial charge in [-0.2, -0.15) is 21.3 Å². The summed E-state index contributed by atoms with van der Waals surface area (Å²) in [5, 5.41) is 18.0. The van der Waals surface area contributed by atoms with Crippen LogP contribution in [0.4, 0.5) is 0 Å². The molecule has 1 aliphatic heterocycles. The molecule has 0 radical (unpaired) electrons. The fourth-order valence-electron chi connectivity index (χ4n) is 2.23. The predicted molar refractivity (Wildman–Crippen MR) is 78.4 cm³/mol. The summed E-state index contributed by atoms with van der Waals surface area (Å²) in [6, 6.07) is 7.26. The Bertz CT molecular complexity index is 682. The number of carboxylic acids is 1. The number of benzene rings is 1. The third-order valence-corrected chi connectivity index (χ3v) is 6.28. The largest absolute Gasteiger partial charge is 0.481 e. The van der Waals surface area contributed by atoms with Crippen molar-refractivity contribution in [3.8, 4) is 6.07 Å². The van der Waals surface area contributed by atoms with Crippen LogP contribution in [0.1, 0.15) is 12.0 Å². The van der Waals surface area contributed by atoms with Gasteiger partial charge >= 0.3 is 5.97 Å². The highest BCUT2D eigenvalue weighted by Gasteiger charge is 2.36. The van der Waals surface area contributed by atoms with E-state index < -0.39 is 22.0 Å². The number of carboxylic acid groups (broad SMARTS) is 1. The number of hydrogen-bond donors (Lipinski definition) is 1. The fourth-order valence-corrected chi connectivity index (χ4v) is 5.27. The zero-order valence-electron chi connectivity index (χ0n) is 11.1. The third kappa shape index (κ3) is 3.37. The molecule has 0 aliphatic carbocycles. The number of aliphatic carboxylic acids is 1. The maximum atomic E-state index is 12.7. The van der Waals surface area contributed by atoms with Crippen LogP contribution >= 0.6 is 11.8 Å². The van der Waals surface area contributed by atoms with Gasteiger partial charge in [-0.15, -0.1) is 0 Å². The van der Waals surface area contributed by atoms with Gasteiger partial charge in [0.2, 0.25) is 10.0 Å². The molecule has 1 heterocycles. The summed E-state index contributed by atoms with van der Waals surface area (Å²) in [7, 11) is -3.87. The Labute approximate surface area is 127 Å². The summed E-state index contributed by atoms with van der Waals surface area (Å²) in [4.78, 5) is 10.9. The number of nitrogens with zero attached hydrogens (tertiary/aromatic N) is 2. The molecule has 1 aromatic rings. The number of carbonyl (C=O) groups is 1. The first kappa shape index (κ1) is 15.8. The molecule has 1 atom stereocenters. The second kappa shape index (κ2) is 6.47. The molecule has 1 aromatic carbocycles. The lowest BCUT2D eigenvalue weighted by atomic mass is 10.2. The molecule has 1 unspecified atom stereocenters. The van der Waals surface area contributed by atoms with Gasteiger partial charge in [-0.25, -0.2) is 8.42 Å². The second-order valence-electron chi connectivity index (χ2n) is 4.55. The first-order valence-corrected chi connectivity index (χ1v) is 8.87. The van der Waals surface area contributed by atoms with Crippen LogP contribution in [0.3, 0.4) is 0 Å². The monoisotopic (exact) mass is 326 g/mol. The van der Waals surface area contributed by atoms with Crippen molar-refractivity contribution < 1.29 is 18.3 Å². The molecule has 21 heavy (non-hydrogen) atoms. The van der Waals surface area contributed by atoms with Crippen molar-refractivity contribution in [2.45, 2.75) is 17.4 Å². The van der Waals surface area contributed by atoms with Crippen LogP contribution in [0.2, 0.25) is 0 Å². The fraction of sp³-hybridized carbons (Fsp3) is 0.385. The Morgan fingerprint density at radius 2 is 2.19 bits per heavy atom. The number of rotatable bonds is 4. The van der Waals surface area contributed by atoms with Crippen molar-refractivity contribution in [2.24, 2.45) is 0 Å². The van der Waals surface area contributed by atoms with Crippen LogP contribution in [-0.4, -0.2) is 47.9 Å². The van der Waals surface area contributed by atoms with Crippen LogP contribution < -0.4 is 0 Å². The summed E-state index contributed by atoms with van der Waals surface area (Å²) < 4.78 is 26.7. The van der Waals surface area contributed by atoms with E-state index in [4.69, 9.17) is 10.4 Å². The van der Waals surface area contributed by atoms with Crippen molar-refractivity contribution in [3.05, 3.63) is 29.8 Å². The molecular formula is C13H14N2O4S2. The van der Waals surface area contributed by atoms with Gasteiger partial charge in [-0.05, 0) is 12.1 Å². The molecule has 2 rings (SSSR count). The molecule has 8 heteroatoms. The summed E-state index contributed by atoms with van der Waals surface area (Å²) in [5.74, 6) is 0.0286. The SMILES string of the molecule is N#Cc1ccccc1S(=O)(=O)N1CCSCC1CC(=O)O. The quantitative estimate of drug-likeness (QED) is 0.891. The van der Waals surface area contributed by atoms with E-state index in [0.717, 1.165) is 0 Å². The van der Waals surface area contributed by atoms with Crippen LogP contribution in [0, 0.1) is 11.3 Å². The van der Waals surface area contributed by atoms with Gasteiger partial charge in [0.05, 0.1) is 16.9 Å². The van der Waals surface area contributed by atoms with Gasteiger partial charge in [0, 0.05) is 24.1 Å². The highest BCUT2D eigenvalue weighted by Crippen LogP contribution is 2.27. The molecular weight excluding hydrogens is 312 g/mol. The Kier molecular flexibility index (Phi) is 4.88. The van der Waals surface area contributed by atoms with Gasteiger partial charge in [0.25, 0.3) is 0 Å². The smallest absolute Gasteiger partial charge is 0.305 e. The maximum absolute atomic E-state index is 12.7. The van der Waals surface area contributed by atoms with E-state index >= 15 is 0 Å². The number of thioether (sulfide) groups is 1. The van der Waals surface area contributed by atoms with Crippen molar-refractivity contribution in [2.75, 3.05) is 18.1 Å². The Morgan fingerprint density at radius 1 is 1.48 bits per heavy atom. The summed E-state index contributed by atoms with van der Waals surface area (Å²) >= 11 is 1.54. The van der Waals surface area contributed by atoms with Crippen LogP contribution in [0.15, 0.2) is 29.2 Å². The molecule has 0 aromatic heterocycles. The van der Waals surface area contributed by atoms with Crippen molar-refractivity contribution in [1.29, 1.82) is 5.26 Å². The van der Waals surface area contributed by atoms with Crippen LogP contribution in [0.5, 0.6) is 0 Å². The lowest BCUT2D eigenvalue weighted by Crippen LogP contribution is -2.47. The van der Waals surface area contributed by atoms with Crippen LogP contribution in [0.25, 0.3) is 0 Å². The van der Waals surface area contributed by atoms with Gasteiger partial charge < -0.3 is 5.11 Å². The van der Waals surface area contributed by atoms with E-state index in [-0.39, 0.29) is 23.4 Å². The zero-order chi connectivity index (χ0) is 15.5. The lowest BCUT2D eigenvalue weighted by molar-refractivity contribution is -0.137. The van der Waals surface area contributed by atoms with Gasteiger partial charge in [0.15, 0.2) is 0 Å². The van der Waals surface area contributed by atoms with Crippen molar-refractivity contribution in [3.63, 3.8) is 0 Å². The van der Waals surface area contributed by atoms with E-state index in [1.54, 1.807) is 12.1 Å². The van der Waals surface area contributed by atoms with E-state index in [2.05, 4.69) is 0 Å². The zero-order valence-corrected chi connectivity index (χ0v) is 12.7. The standard InChI is InChI=1S/C13H14N2O4S2/c14-8-10-3-1-2-4-12(10)21(18,19)15-5-6-20-9-11(15)7-13(16)17/h1-4,11H,5-7,9H2,(H,16,17). The Hall–Kier alpha value is -1.56.